The number of ether oxygens (including phenoxy) is 2. The molecule has 0 N–H and O–H groups in total. The van der Waals surface area contributed by atoms with Crippen molar-refractivity contribution in [1.82, 2.24) is 14.9 Å². The van der Waals surface area contributed by atoms with E-state index in [1.807, 2.05) is 29.2 Å². The first-order valence-electron chi connectivity index (χ1n) is 13.0. The second-order valence-corrected chi connectivity index (χ2v) is 9.86. The lowest BCUT2D eigenvalue weighted by Crippen LogP contribution is -2.42. The highest BCUT2D eigenvalue weighted by atomic mass is 16.5. The van der Waals surface area contributed by atoms with Crippen molar-refractivity contribution in [3.05, 3.63) is 41.1 Å². The molecule has 1 aliphatic carbocycles. The first kappa shape index (κ1) is 23.9. The molecule has 0 atom stereocenters. The number of aromatic nitrogens is 2. The van der Waals surface area contributed by atoms with E-state index in [0.29, 0.717) is 38.8 Å². The molecule has 5 rings (SSSR count). The van der Waals surface area contributed by atoms with Crippen molar-refractivity contribution in [2.24, 2.45) is 0 Å². The van der Waals surface area contributed by atoms with Crippen LogP contribution in [-0.4, -0.2) is 73.8 Å². The summed E-state index contributed by atoms with van der Waals surface area (Å²) in [6.07, 6.45) is 7.44. The summed E-state index contributed by atoms with van der Waals surface area (Å²) in [5.41, 5.74) is 3.19. The van der Waals surface area contributed by atoms with Gasteiger partial charge in [-0.15, -0.1) is 0 Å². The quantitative estimate of drug-likeness (QED) is 0.630. The lowest BCUT2D eigenvalue weighted by molar-refractivity contribution is -0.131. The highest BCUT2D eigenvalue weighted by Crippen LogP contribution is 2.32. The van der Waals surface area contributed by atoms with E-state index < -0.39 is 0 Å². The van der Waals surface area contributed by atoms with Gasteiger partial charge in [0.25, 0.3) is 0 Å². The minimum Gasteiger partial charge on any atom is -0.497 e. The Morgan fingerprint density at radius 2 is 1.83 bits per heavy atom. The molecule has 8 nitrogen and oxygen atoms in total. The summed E-state index contributed by atoms with van der Waals surface area (Å²) in [6, 6.07) is 8.24. The Bertz CT molecular complexity index is 1020. The molecule has 188 valence electrons. The van der Waals surface area contributed by atoms with Crippen LogP contribution in [0.1, 0.15) is 48.9 Å². The number of benzene rings is 1. The lowest BCUT2D eigenvalue weighted by atomic mass is 9.95. The van der Waals surface area contributed by atoms with Crippen molar-refractivity contribution >= 4 is 17.7 Å². The highest BCUT2D eigenvalue weighted by molar-refractivity contribution is 5.79. The maximum absolute atomic E-state index is 13.2. The van der Waals surface area contributed by atoms with Crippen LogP contribution in [0.4, 0.5) is 11.8 Å². The number of anilines is 2. The van der Waals surface area contributed by atoms with Gasteiger partial charge in [-0.25, -0.2) is 4.98 Å². The number of methoxy groups -OCH3 is 1. The average molecular weight is 480 g/mol. The SMILES string of the molecule is COc1ccc(CC(=O)N2CCc3nc(N(C)C4CCCCC4)nc(N4CCOCC4)c3C2)cc1. The van der Waals surface area contributed by atoms with E-state index in [0.717, 1.165) is 53.8 Å². The molecular formula is C27H37N5O3. The fraction of sp³-hybridized carbons (Fsp3) is 0.593. The molecule has 1 aromatic carbocycles. The summed E-state index contributed by atoms with van der Waals surface area (Å²) in [5, 5.41) is 0. The molecule has 3 heterocycles. The number of nitrogens with zero attached hydrogens (tertiary/aromatic N) is 5. The molecule has 0 spiro atoms. The molecule has 35 heavy (non-hydrogen) atoms. The van der Waals surface area contributed by atoms with Gasteiger partial charge < -0.3 is 24.2 Å². The molecule has 3 aliphatic rings. The van der Waals surface area contributed by atoms with Crippen LogP contribution >= 0.6 is 0 Å². The van der Waals surface area contributed by atoms with Crippen molar-refractivity contribution in [3.8, 4) is 5.75 Å². The number of amides is 1. The van der Waals surface area contributed by atoms with E-state index in [-0.39, 0.29) is 5.91 Å². The van der Waals surface area contributed by atoms with E-state index in [1.54, 1.807) is 7.11 Å². The molecule has 0 radical (unpaired) electrons. The fourth-order valence-electron chi connectivity index (χ4n) is 5.45. The molecule has 1 amide bonds. The Balaban J connectivity index is 1.38. The van der Waals surface area contributed by atoms with Gasteiger partial charge in [0.2, 0.25) is 11.9 Å². The summed E-state index contributed by atoms with van der Waals surface area (Å²) in [7, 11) is 3.80. The van der Waals surface area contributed by atoms with E-state index in [2.05, 4.69) is 16.8 Å². The monoisotopic (exact) mass is 479 g/mol. The van der Waals surface area contributed by atoms with Crippen LogP contribution in [0.25, 0.3) is 0 Å². The number of hydrogen-bond donors (Lipinski definition) is 0. The standard InChI is InChI=1S/C27H37N5O3/c1-30(21-6-4-3-5-7-21)27-28-24-12-13-32(25(33)18-20-8-10-22(34-2)11-9-20)19-23(24)26(29-27)31-14-16-35-17-15-31/h8-11,21H,3-7,12-19H2,1-2H3. The molecule has 2 aromatic rings. The zero-order chi connectivity index (χ0) is 24.2. The number of hydrogen-bond acceptors (Lipinski definition) is 7. The van der Waals surface area contributed by atoms with Gasteiger partial charge in [0, 0.05) is 44.7 Å². The zero-order valence-corrected chi connectivity index (χ0v) is 21.0. The second kappa shape index (κ2) is 10.8. The Kier molecular flexibility index (Phi) is 7.37. The first-order valence-corrected chi connectivity index (χ1v) is 13.0. The molecule has 0 bridgehead atoms. The van der Waals surface area contributed by atoms with Gasteiger partial charge >= 0.3 is 0 Å². The van der Waals surface area contributed by atoms with Crippen LogP contribution in [0, 0.1) is 0 Å². The molecule has 1 aromatic heterocycles. The van der Waals surface area contributed by atoms with Crippen molar-refractivity contribution in [2.45, 2.75) is 57.5 Å². The number of carbonyl (C=O) groups excluding carboxylic acids is 1. The van der Waals surface area contributed by atoms with Gasteiger partial charge in [0.1, 0.15) is 11.6 Å². The van der Waals surface area contributed by atoms with E-state index in [4.69, 9.17) is 19.4 Å². The van der Waals surface area contributed by atoms with Crippen LogP contribution in [0.5, 0.6) is 5.75 Å². The van der Waals surface area contributed by atoms with Gasteiger partial charge in [-0.1, -0.05) is 31.4 Å². The predicted octanol–water partition coefficient (Wildman–Crippen LogP) is 3.22. The fourth-order valence-corrected chi connectivity index (χ4v) is 5.45. The summed E-state index contributed by atoms with van der Waals surface area (Å²) >= 11 is 0. The minimum atomic E-state index is 0.136. The molecular weight excluding hydrogens is 442 g/mol. The molecule has 0 unspecified atom stereocenters. The topological polar surface area (TPSA) is 71.0 Å². The lowest BCUT2D eigenvalue weighted by Gasteiger charge is -2.37. The number of morpholine rings is 1. The van der Waals surface area contributed by atoms with Crippen LogP contribution in [0.15, 0.2) is 24.3 Å². The summed E-state index contributed by atoms with van der Waals surface area (Å²) in [5.74, 6) is 2.75. The van der Waals surface area contributed by atoms with Crippen LogP contribution < -0.4 is 14.5 Å². The van der Waals surface area contributed by atoms with E-state index in [1.165, 1.54) is 32.1 Å². The van der Waals surface area contributed by atoms with E-state index in [9.17, 15) is 4.79 Å². The van der Waals surface area contributed by atoms with Crippen molar-refractivity contribution in [2.75, 3.05) is 56.8 Å². The zero-order valence-electron chi connectivity index (χ0n) is 21.0. The van der Waals surface area contributed by atoms with Gasteiger partial charge in [-0.05, 0) is 30.5 Å². The Hall–Kier alpha value is -2.87. The highest BCUT2D eigenvalue weighted by Gasteiger charge is 2.30. The Morgan fingerprint density at radius 3 is 2.54 bits per heavy atom. The number of rotatable bonds is 6. The van der Waals surface area contributed by atoms with Crippen LogP contribution in [0.3, 0.4) is 0 Å². The smallest absolute Gasteiger partial charge is 0.227 e. The third-order valence-corrected chi connectivity index (χ3v) is 7.64. The minimum absolute atomic E-state index is 0.136. The Labute approximate surface area is 208 Å². The maximum atomic E-state index is 13.2. The Morgan fingerprint density at radius 1 is 1.09 bits per heavy atom. The maximum Gasteiger partial charge on any atom is 0.227 e. The van der Waals surface area contributed by atoms with Gasteiger partial charge in [-0.2, -0.15) is 4.98 Å². The second-order valence-electron chi connectivity index (χ2n) is 9.86. The van der Waals surface area contributed by atoms with Crippen molar-refractivity contribution in [1.29, 1.82) is 0 Å². The van der Waals surface area contributed by atoms with Crippen LogP contribution in [0.2, 0.25) is 0 Å². The average Bonchev–Trinajstić information content (AvgIpc) is 2.93. The van der Waals surface area contributed by atoms with E-state index >= 15 is 0 Å². The largest absolute Gasteiger partial charge is 0.497 e. The molecule has 2 fully saturated rings. The molecule has 1 saturated carbocycles. The predicted molar refractivity (Wildman–Crippen MR) is 136 cm³/mol. The number of fused-ring (bicyclic) bond motifs is 1. The summed E-state index contributed by atoms with van der Waals surface area (Å²) in [6.45, 7) is 4.28. The third kappa shape index (κ3) is 5.37. The summed E-state index contributed by atoms with van der Waals surface area (Å²) < 4.78 is 10.9. The first-order chi connectivity index (χ1) is 17.1. The normalized spacial score (nSPS) is 18.8. The van der Waals surface area contributed by atoms with Gasteiger partial charge in [0.05, 0.1) is 39.0 Å². The van der Waals surface area contributed by atoms with Gasteiger partial charge in [0.15, 0.2) is 0 Å². The summed E-state index contributed by atoms with van der Waals surface area (Å²) in [4.78, 5) is 30.0. The third-order valence-electron chi connectivity index (χ3n) is 7.64. The number of carbonyl (C=O) groups is 1. The molecule has 1 saturated heterocycles. The van der Waals surface area contributed by atoms with Crippen molar-refractivity contribution < 1.29 is 14.3 Å². The van der Waals surface area contributed by atoms with Crippen molar-refractivity contribution in [3.63, 3.8) is 0 Å². The van der Waals surface area contributed by atoms with Gasteiger partial charge in [-0.3, -0.25) is 4.79 Å². The van der Waals surface area contributed by atoms with Crippen LogP contribution in [-0.2, 0) is 28.9 Å². The molecule has 2 aliphatic heterocycles. The molecule has 8 heteroatoms.